The van der Waals surface area contributed by atoms with Gasteiger partial charge in [-0.05, 0) is 61.2 Å². The van der Waals surface area contributed by atoms with E-state index in [9.17, 15) is 4.79 Å². The van der Waals surface area contributed by atoms with Gasteiger partial charge in [-0.25, -0.2) is 0 Å². The van der Waals surface area contributed by atoms with Gasteiger partial charge in [0, 0.05) is 30.1 Å². The number of aromatic nitrogens is 2. The number of anilines is 1. The molecule has 4 rings (SSSR count). The molecule has 5 nitrogen and oxygen atoms in total. The monoisotopic (exact) mass is 361 g/mol. The van der Waals surface area contributed by atoms with E-state index in [0.717, 1.165) is 28.8 Å². The SMILES string of the molecule is CCc1ccc(-c2nc(C3CC(=O)N(c4cc(C)cc(C)c4)C3)no2)cc1. The Morgan fingerprint density at radius 3 is 2.48 bits per heavy atom. The van der Waals surface area contributed by atoms with Crippen molar-refractivity contribution < 1.29 is 9.32 Å². The van der Waals surface area contributed by atoms with Crippen molar-refractivity contribution in [2.45, 2.75) is 39.5 Å². The number of aryl methyl sites for hydroxylation is 3. The van der Waals surface area contributed by atoms with Gasteiger partial charge in [0.15, 0.2) is 5.82 Å². The molecular formula is C22H23N3O2. The molecule has 0 spiro atoms. The third-order valence-corrected chi connectivity index (χ3v) is 5.06. The van der Waals surface area contributed by atoms with Crippen LogP contribution in [0.15, 0.2) is 47.0 Å². The fourth-order valence-corrected chi connectivity index (χ4v) is 3.64. The summed E-state index contributed by atoms with van der Waals surface area (Å²) in [6.07, 6.45) is 1.40. The van der Waals surface area contributed by atoms with Crippen molar-refractivity contribution in [2.75, 3.05) is 11.4 Å². The Labute approximate surface area is 159 Å². The molecule has 2 heterocycles. The van der Waals surface area contributed by atoms with E-state index in [2.05, 4.69) is 35.3 Å². The molecule has 0 bridgehead atoms. The molecule has 5 heteroatoms. The van der Waals surface area contributed by atoms with Crippen molar-refractivity contribution >= 4 is 11.6 Å². The Balaban J connectivity index is 1.54. The second-order valence-electron chi connectivity index (χ2n) is 7.26. The normalized spacial score (nSPS) is 16.9. The Bertz CT molecular complexity index is 955. The summed E-state index contributed by atoms with van der Waals surface area (Å²) in [5, 5.41) is 4.15. The van der Waals surface area contributed by atoms with Crippen LogP contribution in [0.4, 0.5) is 5.69 Å². The fourth-order valence-electron chi connectivity index (χ4n) is 3.64. The van der Waals surface area contributed by atoms with Gasteiger partial charge >= 0.3 is 0 Å². The summed E-state index contributed by atoms with van der Waals surface area (Å²) in [5.74, 6) is 1.16. The first-order valence-electron chi connectivity index (χ1n) is 9.35. The maximum absolute atomic E-state index is 12.6. The van der Waals surface area contributed by atoms with Gasteiger partial charge in [-0.2, -0.15) is 4.98 Å². The fraction of sp³-hybridized carbons (Fsp3) is 0.318. The van der Waals surface area contributed by atoms with E-state index in [1.807, 2.05) is 43.0 Å². The highest BCUT2D eigenvalue weighted by molar-refractivity contribution is 5.96. The zero-order valence-electron chi connectivity index (χ0n) is 15.9. The maximum Gasteiger partial charge on any atom is 0.257 e. The summed E-state index contributed by atoms with van der Waals surface area (Å²) in [7, 11) is 0. The number of carbonyl (C=O) groups excluding carboxylic acids is 1. The van der Waals surface area contributed by atoms with Crippen LogP contribution in [-0.4, -0.2) is 22.6 Å². The zero-order valence-corrected chi connectivity index (χ0v) is 15.9. The predicted molar refractivity (Wildman–Crippen MR) is 105 cm³/mol. The van der Waals surface area contributed by atoms with Crippen LogP contribution in [0.1, 0.15) is 41.8 Å². The van der Waals surface area contributed by atoms with Crippen molar-refractivity contribution in [2.24, 2.45) is 0 Å². The average molecular weight is 361 g/mol. The predicted octanol–water partition coefficient (Wildman–Crippen LogP) is 4.44. The van der Waals surface area contributed by atoms with Gasteiger partial charge in [0.05, 0.1) is 0 Å². The second-order valence-corrected chi connectivity index (χ2v) is 7.26. The third-order valence-electron chi connectivity index (χ3n) is 5.06. The van der Waals surface area contributed by atoms with E-state index in [4.69, 9.17) is 4.52 Å². The van der Waals surface area contributed by atoms with Crippen molar-refractivity contribution in [3.63, 3.8) is 0 Å². The number of amides is 1. The van der Waals surface area contributed by atoms with Crippen molar-refractivity contribution in [1.82, 2.24) is 10.1 Å². The smallest absolute Gasteiger partial charge is 0.257 e. The minimum absolute atomic E-state index is 0.0502. The van der Waals surface area contributed by atoms with Gasteiger partial charge < -0.3 is 9.42 Å². The Morgan fingerprint density at radius 1 is 1.11 bits per heavy atom. The Kier molecular flexibility index (Phi) is 4.52. The van der Waals surface area contributed by atoms with Crippen LogP contribution in [0.2, 0.25) is 0 Å². The minimum Gasteiger partial charge on any atom is -0.334 e. The molecule has 3 aromatic rings. The van der Waals surface area contributed by atoms with Gasteiger partial charge in [0.2, 0.25) is 5.91 Å². The molecule has 1 aliphatic rings. The standard InChI is InChI=1S/C22H23N3O2/c1-4-16-5-7-17(8-6-16)22-23-21(24-27-22)18-12-20(26)25(13-18)19-10-14(2)9-15(3)11-19/h5-11,18H,4,12-13H2,1-3H3. The highest BCUT2D eigenvalue weighted by Gasteiger charge is 2.34. The first kappa shape index (κ1) is 17.5. The van der Waals surface area contributed by atoms with Crippen LogP contribution in [-0.2, 0) is 11.2 Å². The molecule has 1 amide bonds. The average Bonchev–Trinajstić information content (AvgIpc) is 3.28. The van der Waals surface area contributed by atoms with Gasteiger partial charge in [-0.3, -0.25) is 4.79 Å². The van der Waals surface area contributed by atoms with E-state index in [1.165, 1.54) is 5.56 Å². The largest absolute Gasteiger partial charge is 0.334 e. The molecule has 1 saturated heterocycles. The van der Waals surface area contributed by atoms with Crippen LogP contribution >= 0.6 is 0 Å². The number of nitrogens with zero attached hydrogens (tertiary/aromatic N) is 3. The summed E-state index contributed by atoms with van der Waals surface area (Å²) in [6.45, 7) is 6.79. The first-order chi connectivity index (χ1) is 13.0. The van der Waals surface area contributed by atoms with E-state index in [0.29, 0.717) is 24.7 Å². The van der Waals surface area contributed by atoms with Crippen LogP contribution in [0.5, 0.6) is 0 Å². The molecule has 1 unspecified atom stereocenters. The molecule has 2 aromatic carbocycles. The van der Waals surface area contributed by atoms with E-state index < -0.39 is 0 Å². The van der Waals surface area contributed by atoms with Gasteiger partial charge in [-0.15, -0.1) is 0 Å². The molecule has 0 saturated carbocycles. The highest BCUT2D eigenvalue weighted by atomic mass is 16.5. The summed E-state index contributed by atoms with van der Waals surface area (Å²) < 4.78 is 5.46. The number of carbonyl (C=O) groups is 1. The quantitative estimate of drug-likeness (QED) is 0.689. The number of hydrogen-bond donors (Lipinski definition) is 0. The van der Waals surface area contributed by atoms with Crippen molar-refractivity contribution in [3.05, 3.63) is 65.0 Å². The third kappa shape index (κ3) is 3.50. The van der Waals surface area contributed by atoms with Crippen molar-refractivity contribution in [1.29, 1.82) is 0 Å². The molecule has 138 valence electrons. The van der Waals surface area contributed by atoms with E-state index in [-0.39, 0.29) is 11.8 Å². The Morgan fingerprint density at radius 2 is 1.81 bits per heavy atom. The number of hydrogen-bond acceptors (Lipinski definition) is 4. The lowest BCUT2D eigenvalue weighted by Gasteiger charge is -2.17. The highest BCUT2D eigenvalue weighted by Crippen LogP contribution is 2.32. The zero-order chi connectivity index (χ0) is 19.0. The molecule has 0 radical (unpaired) electrons. The van der Waals surface area contributed by atoms with Gasteiger partial charge in [0.25, 0.3) is 5.89 Å². The van der Waals surface area contributed by atoms with Crippen molar-refractivity contribution in [3.8, 4) is 11.5 Å². The second kappa shape index (κ2) is 6.99. The summed E-state index contributed by atoms with van der Waals surface area (Å²) in [5.41, 5.74) is 5.42. The lowest BCUT2D eigenvalue weighted by molar-refractivity contribution is -0.117. The van der Waals surface area contributed by atoms with E-state index >= 15 is 0 Å². The lowest BCUT2D eigenvalue weighted by Crippen LogP contribution is -2.24. The molecule has 1 atom stereocenters. The topological polar surface area (TPSA) is 59.2 Å². The van der Waals surface area contributed by atoms with Crippen LogP contribution in [0, 0.1) is 13.8 Å². The van der Waals surface area contributed by atoms with Crippen LogP contribution in [0.3, 0.4) is 0 Å². The molecule has 1 aliphatic heterocycles. The van der Waals surface area contributed by atoms with Crippen LogP contribution < -0.4 is 4.90 Å². The van der Waals surface area contributed by atoms with Gasteiger partial charge in [0.1, 0.15) is 0 Å². The molecule has 1 aromatic heterocycles. The summed E-state index contributed by atoms with van der Waals surface area (Å²) >= 11 is 0. The maximum atomic E-state index is 12.6. The molecule has 0 aliphatic carbocycles. The summed E-state index contributed by atoms with van der Waals surface area (Å²) in [4.78, 5) is 19.0. The minimum atomic E-state index is -0.0502. The first-order valence-corrected chi connectivity index (χ1v) is 9.35. The summed E-state index contributed by atoms with van der Waals surface area (Å²) in [6, 6.07) is 14.3. The lowest BCUT2D eigenvalue weighted by atomic mass is 10.1. The Hall–Kier alpha value is -2.95. The molecule has 0 N–H and O–H groups in total. The van der Waals surface area contributed by atoms with Gasteiger partial charge in [-0.1, -0.05) is 30.3 Å². The van der Waals surface area contributed by atoms with Crippen LogP contribution in [0.25, 0.3) is 11.5 Å². The molecule has 1 fully saturated rings. The number of rotatable bonds is 4. The van der Waals surface area contributed by atoms with E-state index in [1.54, 1.807) is 0 Å². The molecular weight excluding hydrogens is 338 g/mol. The molecule has 27 heavy (non-hydrogen) atoms. The number of benzene rings is 2.